The summed E-state index contributed by atoms with van der Waals surface area (Å²) >= 11 is 0. The maximum Gasteiger partial charge on any atom is 0.337 e. The Kier molecular flexibility index (Phi) is 3.58. The number of ether oxygens (including phenoxy) is 1. The second-order valence-corrected chi connectivity index (χ2v) is 4.22. The van der Waals surface area contributed by atoms with Crippen LogP contribution in [0.3, 0.4) is 0 Å². The lowest BCUT2D eigenvalue weighted by atomic mass is 10.1. The molecule has 17 heavy (non-hydrogen) atoms. The van der Waals surface area contributed by atoms with E-state index in [-0.39, 0.29) is 17.7 Å². The minimum Gasteiger partial charge on any atom is -0.478 e. The van der Waals surface area contributed by atoms with Gasteiger partial charge in [0.05, 0.1) is 17.7 Å². The highest BCUT2D eigenvalue weighted by atomic mass is 16.5. The van der Waals surface area contributed by atoms with Gasteiger partial charge >= 0.3 is 5.97 Å². The lowest BCUT2D eigenvalue weighted by molar-refractivity contribution is 0.0696. The quantitative estimate of drug-likeness (QED) is 0.833. The van der Waals surface area contributed by atoms with Gasteiger partial charge in [-0.25, -0.2) is 9.78 Å². The van der Waals surface area contributed by atoms with E-state index in [1.54, 1.807) is 12.1 Å². The summed E-state index contributed by atoms with van der Waals surface area (Å²) in [7, 11) is 0. The summed E-state index contributed by atoms with van der Waals surface area (Å²) in [5, 5.41) is 12.0. The summed E-state index contributed by atoms with van der Waals surface area (Å²) < 4.78 is 5.56. The molecule has 0 spiro atoms. The Morgan fingerprint density at radius 1 is 1.65 bits per heavy atom. The number of carboxylic acids is 1. The molecule has 5 nitrogen and oxygen atoms in total. The molecule has 1 aliphatic rings. The van der Waals surface area contributed by atoms with Crippen LogP contribution in [0.2, 0.25) is 0 Å². The molecule has 0 aliphatic carbocycles. The maximum atomic E-state index is 10.7. The average Bonchev–Trinajstić information content (AvgIpc) is 2.83. The molecule has 0 radical (unpaired) electrons. The van der Waals surface area contributed by atoms with E-state index in [1.165, 1.54) is 6.20 Å². The number of aromatic nitrogens is 1. The van der Waals surface area contributed by atoms with Crippen molar-refractivity contribution in [1.82, 2.24) is 4.98 Å². The van der Waals surface area contributed by atoms with Crippen LogP contribution in [-0.2, 0) is 4.74 Å². The number of hydrogen-bond acceptors (Lipinski definition) is 4. The van der Waals surface area contributed by atoms with E-state index in [0.29, 0.717) is 5.82 Å². The highest BCUT2D eigenvalue weighted by molar-refractivity contribution is 5.87. The minimum absolute atomic E-state index is 0.181. The first-order valence-corrected chi connectivity index (χ1v) is 5.74. The molecular weight excluding hydrogens is 220 g/mol. The van der Waals surface area contributed by atoms with E-state index < -0.39 is 5.97 Å². The molecule has 1 aliphatic heterocycles. The second-order valence-electron chi connectivity index (χ2n) is 4.22. The molecule has 2 atom stereocenters. The highest BCUT2D eigenvalue weighted by Gasteiger charge is 2.22. The zero-order valence-corrected chi connectivity index (χ0v) is 9.72. The number of aromatic carboxylic acids is 1. The number of carboxylic acid groups (broad SMARTS) is 1. The maximum absolute atomic E-state index is 10.7. The van der Waals surface area contributed by atoms with Gasteiger partial charge in [-0.05, 0) is 31.9 Å². The predicted molar refractivity (Wildman–Crippen MR) is 63.3 cm³/mol. The topological polar surface area (TPSA) is 71.5 Å². The molecule has 2 unspecified atom stereocenters. The van der Waals surface area contributed by atoms with Crippen molar-refractivity contribution >= 4 is 11.8 Å². The first kappa shape index (κ1) is 11.9. The Hall–Kier alpha value is -1.62. The lowest BCUT2D eigenvalue weighted by Gasteiger charge is -2.20. The van der Waals surface area contributed by atoms with Crippen molar-refractivity contribution in [2.45, 2.75) is 31.9 Å². The van der Waals surface area contributed by atoms with E-state index in [0.717, 1.165) is 19.4 Å². The van der Waals surface area contributed by atoms with Gasteiger partial charge in [0.15, 0.2) is 0 Å². The van der Waals surface area contributed by atoms with Gasteiger partial charge in [-0.15, -0.1) is 0 Å². The van der Waals surface area contributed by atoms with Crippen molar-refractivity contribution in [2.24, 2.45) is 0 Å². The third-order valence-corrected chi connectivity index (χ3v) is 2.91. The Labute approximate surface area is 99.8 Å². The summed E-state index contributed by atoms with van der Waals surface area (Å²) in [4.78, 5) is 14.7. The molecule has 0 saturated carbocycles. The van der Waals surface area contributed by atoms with E-state index in [9.17, 15) is 4.79 Å². The van der Waals surface area contributed by atoms with Crippen LogP contribution in [0.15, 0.2) is 18.3 Å². The monoisotopic (exact) mass is 236 g/mol. The number of rotatable bonds is 4. The number of nitrogens with one attached hydrogen (secondary N) is 1. The van der Waals surface area contributed by atoms with Crippen LogP contribution in [0, 0.1) is 0 Å². The predicted octanol–water partition coefficient (Wildman–Crippen LogP) is 1.76. The van der Waals surface area contributed by atoms with Crippen LogP contribution in [0.4, 0.5) is 5.82 Å². The van der Waals surface area contributed by atoms with Gasteiger partial charge in [0.25, 0.3) is 0 Å². The van der Waals surface area contributed by atoms with Gasteiger partial charge in [0.1, 0.15) is 5.82 Å². The van der Waals surface area contributed by atoms with Crippen molar-refractivity contribution in [3.63, 3.8) is 0 Å². The van der Waals surface area contributed by atoms with E-state index in [4.69, 9.17) is 9.84 Å². The first-order valence-electron chi connectivity index (χ1n) is 5.74. The third kappa shape index (κ3) is 2.94. The molecule has 2 N–H and O–H groups in total. The van der Waals surface area contributed by atoms with Crippen LogP contribution >= 0.6 is 0 Å². The third-order valence-electron chi connectivity index (χ3n) is 2.91. The fourth-order valence-electron chi connectivity index (χ4n) is 1.93. The molecular formula is C12H16N2O3. The van der Waals surface area contributed by atoms with Gasteiger partial charge in [-0.1, -0.05) is 0 Å². The molecule has 5 heteroatoms. The first-order chi connectivity index (χ1) is 8.16. The van der Waals surface area contributed by atoms with Crippen molar-refractivity contribution in [3.05, 3.63) is 23.9 Å². The highest BCUT2D eigenvalue weighted by Crippen LogP contribution is 2.18. The average molecular weight is 236 g/mol. The Bertz CT molecular complexity index is 385. The van der Waals surface area contributed by atoms with Gasteiger partial charge in [0, 0.05) is 12.8 Å². The standard InChI is InChI=1S/C12H16N2O3/c1-8(10-3-2-6-17-10)14-11-5-4-9(7-13-11)12(15)16/h4-5,7-8,10H,2-3,6H2,1H3,(H,13,14)(H,15,16). The molecule has 1 fully saturated rings. The van der Waals surface area contributed by atoms with Gasteiger partial charge in [-0.2, -0.15) is 0 Å². The van der Waals surface area contributed by atoms with Crippen molar-refractivity contribution in [1.29, 1.82) is 0 Å². The smallest absolute Gasteiger partial charge is 0.337 e. The van der Waals surface area contributed by atoms with E-state index in [1.807, 2.05) is 6.92 Å². The molecule has 1 saturated heterocycles. The molecule has 0 bridgehead atoms. The SMILES string of the molecule is CC(Nc1ccc(C(=O)O)cn1)C1CCCO1. The molecule has 0 amide bonds. The number of hydrogen-bond donors (Lipinski definition) is 2. The number of nitrogens with zero attached hydrogens (tertiary/aromatic N) is 1. The fourth-order valence-corrected chi connectivity index (χ4v) is 1.93. The van der Waals surface area contributed by atoms with E-state index in [2.05, 4.69) is 10.3 Å². The summed E-state index contributed by atoms with van der Waals surface area (Å²) in [6.07, 6.45) is 3.73. The van der Waals surface area contributed by atoms with Crippen molar-refractivity contribution < 1.29 is 14.6 Å². The van der Waals surface area contributed by atoms with Crippen molar-refractivity contribution in [3.8, 4) is 0 Å². The summed E-state index contributed by atoms with van der Waals surface area (Å²) in [6, 6.07) is 3.40. The second kappa shape index (κ2) is 5.14. The number of pyridine rings is 1. The van der Waals surface area contributed by atoms with Gasteiger partial charge < -0.3 is 15.2 Å². The Morgan fingerprint density at radius 3 is 3.00 bits per heavy atom. The molecule has 2 rings (SSSR count). The zero-order valence-electron chi connectivity index (χ0n) is 9.72. The van der Waals surface area contributed by atoms with Crippen LogP contribution in [0.5, 0.6) is 0 Å². The number of carbonyl (C=O) groups is 1. The number of anilines is 1. The largest absolute Gasteiger partial charge is 0.478 e. The Balaban J connectivity index is 1.96. The molecule has 92 valence electrons. The minimum atomic E-state index is -0.962. The summed E-state index contributed by atoms with van der Waals surface area (Å²) in [5.41, 5.74) is 0.195. The summed E-state index contributed by atoms with van der Waals surface area (Å²) in [6.45, 7) is 2.87. The summed E-state index contributed by atoms with van der Waals surface area (Å²) in [5.74, 6) is -0.283. The molecule has 1 aromatic rings. The van der Waals surface area contributed by atoms with Crippen LogP contribution in [-0.4, -0.2) is 34.8 Å². The fraction of sp³-hybridized carbons (Fsp3) is 0.500. The Morgan fingerprint density at radius 2 is 2.47 bits per heavy atom. The van der Waals surface area contributed by atoms with Crippen LogP contribution in [0.25, 0.3) is 0 Å². The van der Waals surface area contributed by atoms with E-state index >= 15 is 0 Å². The molecule has 0 aromatic carbocycles. The zero-order chi connectivity index (χ0) is 12.3. The van der Waals surface area contributed by atoms with Crippen LogP contribution < -0.4 is 5.32 Å². The molecule has 2 heterocycles. The van der Waals surface area contributed by atoms with Crippen molar-refractivity contribution in [2.75, 3.05) is 11.9 Å². The van der Waals surface area contributed by atoms with Gasteiger partial charge in [0.2, 0.25) is 0 Å². The normalized spacial score (nSPS) is 21.1. The van der Waals surface area contributed by atoms with Crippen LogP contribution in [0.1, 0.15) is 30.1 Å². The molecule has 1 aromatic heterocycles. The lowest BCUT2D eigenvalue weighted by Crippen LogP contribution is -2.30. The van der Waals surface area contributed by atoms with Gasteiger partial charge in [-0.3, -0.25) is 0 Å².